The number of rotatable bonds is 6. The number of ether oxygens (including phenoxy) is 1. The summed E-state index contributed by atoms with van der Waals surface area (Å²) in [5.41, 5.74) is 6.91. The normalized spacial score (nSPS) is 11.6. The van der Waals surface area contributed by atoms with Gasteiger partial charge in [-0.05, 0) is 36.1 Å². The lowest BCUT2D eigenvalue weighted by molar-refractivity contribution is 0.296. The molecule has 2 rings (SSSR count). The highest BCUT2D eigenvalue weighted by molar-refractivity contribution is 5.31. The Hall–Kier alpha value is -1.88. The zero-order valence-electron chi connectivity index (χ0n) is 13.0. The van der Waals surface area contributed by atoms with Gasteiger partial charge in [0.25, 0.3) is 0 Å². The van der Waals surface area contributed by atoms with Crippen LogP contribution in [0.2, 0.25) is 0 Å². The van der Waals surface area contributed by atoms with Gasteiger partial charge in [0.2, 0.25) is 0 Å². The molecule has 3 N–H and O–H groups in total. The molecule has 0 aliphatic carbocycles. The fourth-order valence-electron chi connectivity index (χ4n) is 1.97. The van der Waals surface area contributed by atoms with Gasteiger partial charge in [-0.2, -0.15) is 5.10 Å². The van der Waals surface area contributed by atoms with E-state index in [0.29, 0.717) is 13.2 Å². The molecule has 0 amide bonds. The Morgan fingerprint density at radius 3 is 2.52 bits per heavy atom. The molecule has 2 aromatic rings. The van der Waals surface area contributed by atoms with E-state index in [2.05, 4.69) is 48.1 Å². The summed E-state index contributed by atoms with van der Waals surface area (Å²) in [4.78, 5) is 4.37. The first-order chi connectivity index (χ1) is 9.99. The first-order valence-corrected chi connectivity index (χ1v) is 7.32. The van der Waals surface area contributed by atoms with Crippen molar-refractivity contribution in [3.8, 4) is 5.75 Å². The van der Waals surface area contributed by atoms with Crippen LogP contribution in [0.5, 0.6) is 5.75 Å². The monoisotopic (exact) mass is 288 g/mol. The SMILES string of the molecule is CC(C)(C)c1ccc(OCc2nc(CCCN)n[nH]2)cc1. The Labute approximate surface area is 125 Å². The van der Waals surface area contributed by atoms with Gasteiger partial charge in [0.05, 0.1) is 0 Å². The second-order valence-corrected chi connectivity index (χ2v) is 6.15. The molecule has 21 heavy (non-hydrogen) atoms. The van der Waals surface area contributed by atoms with Crippen molar-refractivity contribution in [2.24, 2.45) is 5.73 Å². The Bertz CT molecular complexity index is 554. The van der Waals surface area contributed by atoms with Crippen LogP contribution in [-0.2, 0) is 18.4 Å². The van der Waals surface area contributed by atoms with E-state index in [9.17, 15) is 0 Å². The molecule has 0 fully saturated rings. The van der Waals surface area contributed by atoms with Crippen LogP contribution in [0.4, 0.5) is 0 Å². The van der Waals surface area contributed by atoms with Crippen molar-refractivity contribution in [1.82, 2.24) is 15.2 Å². The van der Waals surface area contributed by atoms with E-state index in [0.717, 1.165) is 30.2 Å². The van der Waals surface area contributed by atoms with E-state index in [1.165, 1.54) is 5.56 Å². The van der Waals surface area contributed by atoms with Gasteiger partial charge in [0.15, 0.2) is 11.6 Å². The van der Waals surface area contributed by atoms with Crippen LogP contribution in [0.1, 0.15) is 44.4 Å². The third-order valence-electron chi connectivity index (χ3n) is 3.28. The highest BCUT2D eigenvalue weighted by Gasteiger charge is 2.13. The number of aromatic amines is 1. The highest BCUT2D eigenvalue weighted by atomic mass is 16.5. The van der Waals surface area contributed by atoms with Gasteiger partial charge in [0.1, 0.15) is 12.4 Å². The van der Waals surface area contributed by atoms with E-state index < -0.39 is 0 Å². The third-order valence-corrected chi connectivity index (χ3v) is 3.28. The number of aryl methyl sites for hydroxylation is 1. The molecule has 5 heteroatoms. The maximum absolute atomic E-state index is 5.72. The van der Waals surface area contributed by atoms with Crippen molar-refractivity contribution < 1.29 is 4.74 Å². The van der Waals surface area contributed by atoms with Crippen molar-refractivity contribution >= 4 is 0 Å². The standard InChI is InChI=1S/C16H24N4O/c1-16(2,3)12-6-8-13(9-7-12)21-11-15-18-14(19-20-15)5-4-10-17/h6-9H,4-5,10-11,17H2,1-3H3,(H,18,19,20). The highest BCUT2D eigenvalue weighted by Crippen LogP contribution is 2.24. The number of aromatic nitrogens is 3. The van der Waals surface area contributed by atoms with Crippen LogP contribution in [0, 0.1) is 0 Å². The number of nitrogens with two attached hydrogens (primary N) is 1. The number of hydrogen-bond acceptors (Lipinski definition) is 4. The summed E-state index contributed by atoms with van der Waals surface area (Å²) in [6, 6.07) is 8.18. The summed E-state index contributed by atoms with van der Waals surface area (Å²) in [5, 5.41) is 7.03. The molecule has 1 aromatic carbocycles. The van der Waals surface area contributed by atoms with Gasteiger partial charge in [-0.25, -0.2) is 4.98 Å². The number of benzene rings is 1. The fraction of sp³-hybridized carbons (Fsp3) is 0.500. The summed E-state index contributed by atoms with van der Waals surface area (Å²) in [5.74, 6) is 2.37. The van der Waals surface area contributed by atoms with E-state index in [-0.39, 0.29) is 5.41 Å². The molecule has 0 aliphatic heterocycles. The minimum Gasteiger partial charge on any atom is -0.486 e. The minimum absolute atomic E-state index is 0.154. The summed E-state index contributed by atoms with van der Waals surface area (Å²) >= 11 is 0. The molecule has 0 aliphatic rings. The van der Waals surface area contributed by atoms with Crippen molar-refractivity contribution in [2.45, 2.75) is 45.6 Å². The predicted octanol–water partition coefficient (Wildman–Crippen LogP) is 2.57. The zero-order chi connectivity index (χ0) is 15.3. The molecular weight excluding hydrogens is 264 g/mol. The first kappa shape index (κ1) is 15.5. The lowest BCUT2D eigenvalue weighted by Gasteiger charge is -2.19. The molecule has 0 bridgehead atoms. The number of H-pyrrole nitrogens is 1. The van der Waals surface area contributed by atoms with Crippen LogP contribution in [-0.4, -0.2) is 21.7 Å². The summed E-state index contributed by atoms with van der Waals surface area (Å²) < 4.78 is 5.72. The maximum Gasteiger partial charge on any atom is 0.162 e. The maximum atomic E-state index is 5.72. The van der Waals surface area contributed by atoms with Crippen LogP contribution in [0.3, 0.4) is 0 Å². The minimum atomic E-state index is 0.154. The molecule has 114 valence electrons. The Kier molecular flexibility index (Phi) is 4.96. The third kappa shape index (κ3) is 4.56. The van der Waals surface area contributed by atoms with E-state index in [4.69, 9.17) is 10.5 Å². The molecule has 0 unspecified atom stereocenters. The fourth-order valence-corrected chi connectivity index (χ4v) is 1.97. The number of nitrogens with zero attached hydrogens (tertiary/aromatic N) is 2. The van der Waals surface area contributed by atoms with Crippen molar-refractivity contribution in [3.63, 3.8) is 0 Å². The van der Waals surface area contributed by atoms with Gasteiger partial charge in [0, 0.05) is 6.42 Å². The van der Waals surface area contributed by atoms with Crippen molar-refractivity contribution in [2.75, 3.05) is 6.54 Å². The molecular formula is C16H24N4O. The molecule has 0 atom stereocenters. The Morgan fingerprint density at radius 2 is 1.90 bits per heavy atom. The first-order valence-electron chi connectivity index (χ1n) is 7.32. The van der Waals surface area contributed by atoms with Gasteiger partial charge in [-0.15, -0.1) is 0 Å². The van der Waals surface area contributed by atoms with Gasteiger partial charge < -0.3 is 10.5 Å². The summed E-state index contributed by atoms with van der Waals surface area (Å²) in [6.45, 7) is 7.63. The topological polar surface area (TPSA) is 76.8 Å². The summed E-state index contributed by atoms with van der Waals surface area (Å²) in [6.07, 6.45) is 1.69. The number of nitrogens with one attached hydrogen (secondary N) is 1. The van der Waals surface area contributed by atoms with Crippen LogP contribution in [0.25, 0.3) is 0 Å². The van der Waals surface area contributed by atoms with Gasteiger partial charge in [-0.1, -0.05) is 32.9 Å². The van der Waals surface area contributed by atoms with E-state index in [1.54, 1.807) is 0 Å². The van der Waals surface area contributed by atoms with Gasteiger partial charge in [-0.3, -0.25) is 5.10 Å². The van der Waals surface area contributed by atoms with E-state index in [1.807, 2.05) is 12.1 Å². The predicted molar refractivity (Wildman–Crippen MR) is 83.2 cm³/mol. The second kappa shape index (κ2) is 6.72. The molecule has 1 aromatic heterocycles. The van der Waals surface area contributed by atoms with E-state index >= 15 is 0 Å². The molecule has 0 saturated heterocycles. The summed E-state index contributed by atoms with van der Waals surface area (Å²) in [7, 11) is 0. The van der Waals surface area contributed by atoms with Crippen LogP contribution < -0.4 is 10.5 Å². The lowest BCUT2D eigenvalue weighted by Crippen LogP contribution is -2.10. The van der Waals surface area contributed by atoms with Gasteiger partial charge >= 0.3 is 0 Å². The smallest absolute Gasteiger partial charge is 0.162 e. The van der Waals surface area contributed by atoms with Crippen LogP contribution >= 0.6 is 0 Å². The van der Waals surface area contributed by atoms with Crippen molar-refractivity contribution in [3.05, 3.63) is 41.5 Å². The Balaban J connectivity index is 1.89. The van der Waals surface area contributed by atoms with Crippen molar-refractivity contribution in [1.29, 1.82) is 0 Å². The van der Waals surface area contributed by atoms with Crippen LogP contribution in [0.15, 0.2) is 24.3 Å². The molecule has 0 radical (unpaired) electrons. The lowest BCUT2D eigenvalue weighted by atomic mass is 9.87. The molecule has 0 spiro atoms. The average Bonchev–Trinajstić information content (AvgIpc) is 2.90. The Morgan fingerprint density at radius 1 is 1.19 bits per heavy atom. The average molecular weight is 288 g/mol. The largest absolute Gasteiger partial charge is 0.486 e. The number of hydrogen-bond donors (Lipinski definition) is 2. The second-order valence-electron chi connectivity index (χ2n) is 6.15. The molecule has 5 nitrogen and oxygen atoms in total. The molecule has 1 heterocycles. The quantitative estimate of drug-likeness (QED) is 0.856. The molecule has 0 saturated carbocycles. The zero-order valence-corrected chi connectivity index (χ0v) is 13.0.